The van der Waals surface area contributed by atoms with Gasteiger partial charge >= 0.3 is 6.03 Å². The predicted octanol–water partition coefficient (Wildman–Crippen LogP) is 2.96. The predicted molar refractivity (Wildman–Crippen MR) is 84.2 cm³/mol. The molecule has 0 heterocycles. The van der Waals surface area contributed by atoms with E-state index in [1.807, 2.05) is 4.72 Å². The van der Waals surface area contributed by atoms with E-state index < -0.39 is 27.7 Å². The molecule has 5 nitrogen and oxygen atoms in total. The van der Waals surface area contributed by atoms with Gasteiger partial charge in [-0.25, -0.2) is 26.7 Å². The Kier molecular flexibility index (Phi) is 4.23. The Labute approximate surface area is 137 Å². The molecule has 1 aliphatic carbocycles. The number of carbonyl (C=O) groups is 1. The summed E-state index contributed by atoms with van der Waals surface area (Å²) in [5.74, 6) is -2.21. The van der Waals surface area contributed by atoms with Crippen LogP contribution in [0.25, 0.3) is 0 Å². The van der Waals surface area contributed by atoms with E-state index in [2.05, 4.69) is 5.32 Å². The van der Waals surface area contributed by atoms with Crippen LogP contribution in [-0.4, -0.2) is 14.4 Å². The van der Waals surface area contributed by atoms with Gasteiger partial charge in [-0.2, -0.15) is 0 Å². The molecule has 1 aliphatic rings. The van der Waals surface area contributed by atoms with Gasteiger partial charge in [-0.3, -0.25) is 0 Å². The van der Waals surface area contributed by atoms with Crippen LogP contribution >= 0.6 is 0 Å². The third-order valence-electron chi connectivity index (χ3n) is 3.78. The standard InChI is InChI=1S/C16H14F2N2O3S/c17-14-7-5-12(9-15(14)18)19-16(21)20-24(22,23)13-6-4-10-2-1-3-11(10)8-13/h4-9H,1-3H2,(H2,19,20,21). The number of aryl methyl sites for hydroxylation is 2. The molecule has 0 saturated heterocycles. The minimum Gasteiger partial charge on any atom is -0.307 e. The SMILES string of the molecule is O=C(Nc1ccc(F)c(F)c1)NS(=O)(=O)c1ccc2c(c1)CCC2. The minimum absolute atomic E-state index is 0.0106. The first kappa shape index (κ1) is 16.4. The summed E-state index contributed by atoms with van der Waals surface area (Å²) in [6.07, 6.45) is 2.70. The lowest BCUT2D eigenvalue weighted by atomic mass is 10.1. The average Bonchev–Trinajstić information content (AvgIpc) is 2.98. The fraction of sp³-hybridized carbons (Fsp3) is 0.188. The molecule has 0 radical (unpaired) electrons. The fourth-order valence-corrected chi connectivity index (χ4v) is 3.58. The van der Waals surface area contributed by atoms with Gasteiger partial charge in [0.2, 0.25) is 0 Å². The van der Waals surface area contributed by atoms with Crippen molar-refractivity contribution < 1.29 is 22.0 Å². The van der Waals surface area contributed by atoms with Gasteiger partial charge in [0.15, 0.2) is 11.6 Å². The van der Waals surface area contributed by atoms with Crippen LogP contribution in [0, 0.1) is 11.6 Å². The Bertz CT molecular complexity index is 914. The number of urea groups is 1. The van der Waals surface area contributed by atoms with Gasteiger partial charge in [0.25, 0.3) is 10.0 Å². The highest BCUT2D eigenvalue weighted by Gasteiger charge is 2.21. The number of carbonyl (C=O) groups excluding carboxylic acids is 1. The number of anilines is 1. The molecule has 2 amide bonds. The van der Waals surface area contributed by atoms with Crippen LogP contribution in [0.2, 0.25) is 0 Å². The zero-order valence-electron chi connectivity index (χ0n) is 12.5. The van der Waals surface area contributed by atoms with Crippen molar-refractivity contribution in [2.45, 2.75) is 24.2 Å². The Hall–Kier alpha value is -2.48. The molecule has 0 bridgehead atoms. The van der Waals surface area contributed by atoms with Gasteiger partial charge in [0.05, 0.1) is 4.90 Å². The van der Waals surface area contributed by atoms with E-state index in [9.17, 15) is 22.0 Å². The fourth-order valence-electron chi connectivity index (χ4n) is 2.63. The van der Waals surface area contributed by atoms with Crippen molar-refractivity contribution in [1.82, 2.24) is 4.72 Å². The Morgan fingerprint density at radius 2 is 1.71 bits per heavy atom. The number of fused-ring (bicyclic) bond motifs is 1. The summed E-state index contributed by atoms with van der Waals surface area (Å²) in [6.45, 7) is 0. The molecule has 24 heavy (non-hydrogen) atoms. The van der Waals surface area contributed by atoms with Gasteiger partial charge in [-0.15, -0.1) is 0 Å². The van der Waals surface area contributed by atoms with Crippen molar-refractivity contribution in [2.24, 2.45) is 0 Å². The molecule has 2 N–H and O–H groups in total. The third kappa shape index (κ3) is 3.38. The van der Waals surface area contributed by atoms with Crippen LogP contribution < -0.4 is 10.0 Å². The van der Waals surface area contributed by atoms with Crippen molar-refractivity contribution in [1.29, 1.82) is 0 Å². The highest BCUT2D eigenvalue weighted by molar-refractivity contribution is 7.90. The van der Waals surface area contributed by atoms with E-state index in [0.29, 0.717) is 0 Å². The maximum Gasteiger partial charge on any atom is 0.333 e. The van der Waals surface area contributed by atoms with Gasteiger partial charge < -0.3 is 5.32 Å². The maximum atomic E-state index is 13.1. The van der Waals surface area contributed by atoms with Crippen LogP contribution in [0.1, 0.15) is 17.5 Å². The number of rotatable bonds is 3. The third-order valence-corrected chi connectivity index (χ3v) is 5.11. The first-order valence-electron chi connectivity index (χ1n) is 7.26. The first-order valence-corrected chi connectivity index (χ1v) is 8.74. The van der Waals surface area contributed by atoms with E-state index in [4.69, 9.17) is 0 Å². The van der Waals surface area contributed by atoms with Gasteiger partial charge in [0, 0.05) is 11.8 Å². The van der Waals surface area contributed by atoms with Gasteiger partial charge in [0.1, 0.15) is 0 Å². The maximum absolute atomic E-state index is 13.1. The lowest BCUT2D eigenvalue weighted by molar-refractivity contribution is 0.256. The number of hydrogen-bond acceptors (Lipinski definition) is 3. The molecular formula is C16H14F2N2O3S. The Balaban J connectivity index is 1.74. The molecule has 0 unspecified atom stereocenters. The van der Waals surface area contributed by atoms with E-state index in [-0.39, 0.29) is 10.6 Å². The summed E-state index contributed by atoms with van der Waals surface area (Å²) in [4.78, 5) is 11.8. The lowest BCUT2D eigenvalue weighted by Gasteiger charge is -2.10. The summed E-state index contributed by atoms with van der Waals surface area (Å²) in [5.41, 5.74) is 2.01. The normalized spacial score (nSPS) is 13.4. The van der Waals surface area contributed by atoms with E-state index in [1.165, 1.54) is 6.07 Å². The molecule has 8 heteroatoms. The summed E-state index contributed by atoms with van der Waals surface area (Å²) in [6, 6.07) is 6.40. The highest BCUT2D eigenvalue weighted by atomic mass is 32.2. The monoisotopic (exact) mass is 352 g/mol. The summed E-state index contributed by atoms with van der Waals surface area (Å²) < 4.78 is 52.3. The second-order valence-electron chi connectivity index (χ2n) is 5.47. The van der Waals surface area contributed by atoms with Crippen LogP contribution in [-0.2, 0) is 22.9 Å². The van der Waals surface area contributed by atoms with E-state index >= 15 is 0 Å². The Morgan fingerprint density at radius 1 is 0.958 bits per heavy atom. The summed E-state index contributed by atoms with van der Waals surface area (Å²) >= 11 is 0. The number of benzene rings is 2. The van der Waals surface area contributed by atoms with Crippen molar-refractivity contribution >= 4 is 21.7 Å². The number of halogens is 2. The van der Waals surface area contributed by atoms with Crippen molar-refractivity contribution in [3.8, 4) is 0 Å². The number of sulfonamides is 1. The van der Waals surface area contributed by atoms with Crippen molar-refractivity contribution in [2.75, 3.05) is 5.32 Å². The van der Waals surface area contributed by atoms with Crippen LogP contribution in [0.5, 0.6) is 0 Å². The minimum atomic E-state index is -4.05. The zero-order chi connectivity index (χ0) is 17.3. The van der Waals surface area contributed by atoms with E-state index in [0.717, 1.165) is 48.6 Å². The zero-order valence-corrected chi connectivity index (χ0v) is 13.3. The van der Waals surface area contributed by atoms with Crippen LogP contribution in [0.3, 0.4) is 0 Å². The number of amides is 2. The highest BCUT2D eigenvalue weighted by Crippen LogP contribution is 2.24. The second-order valence-corrected chi connectivity index (χ2v) is 7.15. The van der Waals surface area contributed by atoms with Crippen LogP contribution in [0.15, 0.2) is 41.3 Å². The first-order chi connectivity index (χ1) is 11.3. The molecule has 0 aromatic heterocycles. The quantitative estimate of drug-likeness (QED) is 0.892. The lowest BCUT2D eigenvalue weighted by Crippen LogP contribution is -2.34. The number of nitrogens with one attached hydrogen (secondary N) is 2. The molecular weight excluding hydrogens is 338 g/mol. The average molecular weight is 352 g/mol. The summed E-state index contributed by atoms with van der Waals surface area (Å²) in [7, 11) is -4.05. The van der Waals surface area contributed by atoms with Crippen molar-refractivity contribution in [3.05, 3.63) is 59.2 Å². The van der Waals surface area contributed by atoms with Crippen molar-refractivity contribution in [3.63, 3.8) is 0 Å². The molecule has 0 fully saturated rings. The number of hydrogen-bond donors (Lipinski definition) is 2. The molecule has 2 aromatic carbocycles. The topological polar surface area (TPSA) is 75.3 Å². The Morgan fingerprint density at radius 3 is 2.46 bits per heavy atom. The largest absolute Gasteiger partial charge is 0.333 e. The van der Waals surface area contributed by atoms with Gasteiger partial charge in [-0.05, 0) is 54.7 Å². The molecule has 0 saturated carbocycles. The van der Waals surface area contributed by atoms with E-state index in [1.54, 1.807) is 12.1 Å². The molecule has 0 atom stereocenters. The van der Waals surface area contributed by atoms with Crippen LogP contribution in [0.4, 0.5) is 19.3 Å². The molecule has 2 aromatic rings. The van der Waals surface area contributed by atoms with Gasteiger partial charge in [-0.1, -0.05) is 6.07 Å². The summed E-state index contributed by atoms with van der Waals surface area (Å²) in [5, 5.41) is 2.15. The second kappa shape index (κ2) is 6.20. The molecule has 0 spiro atoms. The smallest absolute Gasteiger partial charge is 0.307 e. The molecule has 0 aliphatic heterocycles. The molecule has 126 valence electrons. The molecule has 3 rings (SSSR count).